The number of amides is 1. The first-order chi connectivity index (χ1) is 14.2. The predicted molar refractivity (Wildman–Crippen MR) is 100 cm³/mol. The molecule has 2 heterocycles. The molecule has 160 valence electrons. The molecule has 0 aliphatic rings. The molecule has 0 fully saturated rings. The molecule has 0 aliphatic carbocycles. The highest BCUT2D eigenvalue weighted by Gasteiger charge is 2.30. The van der Waals surface area contributed by atoms with Crippen LogP contribution in [0.15, 0.2) is 39.4 Å². The van der Waals surface area contributed by atoms with Crippen molar-refractivity contribution >= 4 is 11.7 Å². The Hall–Kier alpha value is -3.21. The van der Waals surface area contributed by atoms with Crippen LogP contribution >= 0.6 is 0 Å². The lowest BCUT2D eigenvalue weighted by molar-refractivity contribution is -0.137. The van der Waals surface area contributed by atoms with Gasteiger partial charge in [0, 0.05) is 18.1 Å². The number of rotatable bonds is 8. The third-order valence-corrected chi connectivity index (χ3v) is 4.16. The summed E-state index contributed by atoms with van der Waals surface area (Å²) in [6, 6.07) is 6.38. The number of carbonyl (C=O) groups excluding carboxylic acids is 1. The van der Waals surface area contributed by atoms with Gasteiger partial charge in [0.15, 0.2) is 5.82 Å². The molecule has 1 amide bonds. The first kappa shape index (κ1) is 21.5. The molecule has 0 radical (unpaired) electrons. The van der Waals surface area contributed by atoms with Crippen LogP contribution in [0.1, 0.15) is 23.6 Å². The van der Waals surface area contributed by atoms with Gasteiger partial charge in [-0.25, -0.2) is 0 Å². The number of nitrogens with zero attached hydrogens (tertiary/aromatic N) is 4. The van der Waals surface area contributed by atoms with E-state index in [2.05, 4.69) is 20.6 Å². The predicted octanol–water partition coefficient (Wildman–Crippen LogP) is 3.55. The lowest BCUT2D eigenvalue weighted by Gasteiger charge is -2.14. The molecule has 0 saturated heterocycles. The van der Waals surface area contributed by atoms with Gasteiger partial charge in [0.1, 0.15) is 5.76 Å². The van der Waals surface area contributed by atoms with E-state index in [0.29, 0.717) is 36.9 Å². The van der Waals surface area contributed by atoms with Gasteiger partial charge in [-0.1, -0.05) is 22.4 Å². The van der Waals surface area contributed by atoms with Gasteiger partial charge in [-0.15, -0.1) is 0 Å². The van der Waals surface area contributed by atoms with Crippen molar-refractivity contribution in [2.75, 3.05) is 25.5 Å². The zero-order valence-electron chi connectivity index (χ0n) is 16.4. The van der Waals surface area contributed by atoms with E-state index in [1.807, 2.05) is 4.90 Å². The molecule has 0 saturated carbocycles. The van der Waals surface area contributed by atoms with Gasteiger partial charge in [-0.2, -0.15) is 18.2 Å². The summed E-state index contributed by atoms with van der Waals surface area (Å²) < 4.78 is 48.5. The van der Waals surface area contributed by atoms with E-state index >= 15 is 0 Å². The monoisotopic (exact) mass is 423 g/mol. The fraction of sp³-hybridized carbons (Fsp3) is 0.368. The molecule has 3 rings (SSSR count). The van der Waals surface area contributed by atoms with Gasteiger partial charge in [-0.05, 0) is 39.1 Å². The number of carbonyl (C=O) groups is 1. The van der Waals surface area contributed by atoms with Gasteiger partial charge < -0.3 is 14.4 Å². The van der Waals surface area contributed by atoms with Crippen molar-refractivity contribution in [3.63, 3.8) is 0 Å². The second-order valence-corrected chi connectivity index (χ2v) is 6.80. The highest BCUT2D eigenvalue weighted by Crippen LogP contribution is 2.31. The van der Waals surface area contributed by atoms with Crippen molar-refractivity contribution in [3.05, 3.63) is 47.5 Å². The Morgan fingerprint density at radius 2 is 2.00 bits per heavy atom. The zero-order chi connectivity index (χ0) is 21.7. The lowest BCUT2D eigenvalue weighted by Crippen LogP contribution is -2.31. The number of halogens is 3. The van der Waals surface area contributed by atoms with Crippen molar-refractivity contribution in [2.45, 2.75) is 25.9 Å². The summed E-state index contributed by atoms with van der Waals surface area (Å²) in [7, 11) is 1.79. The van der Waals surface area contributed by atoms with Gasteiger partial charge >= 0.3 is 6.18 Å². The molecule has 30 heavy (non-hydrogen) atoms. The first-order valence-electron chi connectivity index (χ1n) is 9.12. The van der Waals surface area contributed by atoms with Crippen LogP contribution in [0.5, 0.6) is 0 Å². The Labute approximate surface area is 170 Å². The summed E-state index contributed by atoms with van der Waals surface area (Å²) in [5, 5.41) is 10.1. The number of likely N-dealkylation sites (N-methyl/N-ethyl adjacent to an activating group) is 1. The van der Waals surface area contributed by atoms with Crippen molar-refractivity contribution in [1.29, 1.82) is 0 Å². The van der Waals surface area contributed by atoms with E-state index in [9.17, 15) is 18.0 Å². The maximum absolute atomic E-state index is 12.8. The number of alkyl halides is 3. The largest absolute Gasteiger partial charge is 0.416 e. The third kappa shape index (κ3) is 5.89. The fourth-order valence-corrected chi connectivity index (χ4v) is 2.74. The summed E-state index contributed by atoms with van der Waals surface area (Å²) in [6.45, 7) is 2.46. The number of hydrogen-bond acceptors (Lipinski definition) is 7. The molecule has 0 spiro atoms. The average molecular weight is 423 g/mol. The molecule has 2 aromatic heterocycles. The third-order valence-electron chi connectivity index (χ3n) is 4.16. The Kier molecular flexibility index (Phi) is 6.50. The minimum Gasteiger partial charge on any atom is -0.360 e. The molecule has 8 nitrogen and oxygen atoms in total. The number of anilines is 1. The van der Waals surface area contributed by atoms with Crippen molar-refractivity contribution in [2.24, 2.45) is 0 Å². The minimum absolute atomic E-state index is 0.103. The number of benzene rings is 1. The highest BCUT2D eigenvalue weighted by atomic mass is 19.4. The fourth-order valence-electron chi connectivity index (χ4n) is 2.74. The van der Waals surface area contributed by atoms with Crippen LogP contribution in [0.25, 0.3) is 11.4 Å². The molecular weight excluding hydrogens is 403 g/mol. The van der Waals surface area contributed by atoms with Crippen LogP contribution in [0.4, 0.5) is 19.0 Å². The zero-order valence-corrected chi connectivity index (χ0v) is 16.4. The summed E-state index contributed by atoms with van der Waals surface area (Å²) in [4.78, 5) is 17.9. The Bertz CT molecular complexity index is 999. The van der Waals surface area contributed by atoms with E-state index in [-0.39, 0.29) is 23.8 Å². The molecular formula is C19H20F3N5O3. The summed E-state index contributed by atoms with van der Waals surface area (Å²) in [5.74, 6) is 1.15. The normalized spacial score (nSPS) is 11.8. The minimum atomic E-state index is -4.44. The number of nitrogens with one attached hydrogen (secondary N) is 1. The number of hydrogen-bond donors (Lipinski definition) is 1. The molecule has 0 aliphatic heterocycles. The molecule has 1 aromatic carbocycles. The average Bonchev–Trinajstić information content (AvgIpc) is 3.30. The van der Waals surface area contributed by atoms with E-state index in [0.717, 1.165) is 12.1 Å². The molecule has 3 aromatic rings. The number of aromatic nitrogens is 3. The van der Waals surface area contributed by atoms with Gasteiger partial charge in [0.2, 0.25) is 17.6 Å². The van der Waals surface area contributed by atoms with Crippen LogP contribution in [0, 0.1) is 6.92 Å². The van der Waals surface area contributed by atoms with Gasteiger partial charge in [-0.3, -0.25) is 9.69 Å². The first-order valence-corrected chi connectivity index (χ1v) is 9.12. The van der Waals surface area contributed by atoms with Crippen LogP contribution < -0.4 is 5.32 Å². The molecule has 1 N–H and O–H groups in total. The standard InChI is InChI=1S/C19H20F3N5O3/c1-12-9-15(25-29-12)23-16(28)11-27(2)8-4-7-17-24-18(26-30-17)13-5-3-6-14(10-13)19(20,21)22/h3,5-6,9-10H,4,7-8,11H2,1-2H3,(H,23,25,28). The second kappa shape index (κ2) is 9.08. The van der Waals surface area contributed by atoms with E-state index < -0.39 is 11.7 Å². The van der Waals surface area contributed by atoms with Crippen molar-refractivity contribution in [3.8, 4) is 11.4 Å². The molecule has 0 unspecified atom stereocenters. The summed E-state index contributed by atoms with van der Waals surface area (Å²) in [6.07, 6.45) is -3.39. The van der Waals surface area contributed by atoms with Crippen molar-refractivity contribution < 1.29 is 27.0 Å². The van der Waals surface area contributed by atoms with Crippen LogP contribution in [-0.4, -0.2) is 46.2 Å². The summed E-state index contributed by atoms with van der Waals surface area (Å²) >= 11 is 0. The molecule has 0 atom stereocenters. The van der Waals surface area contributed by atoms with Gasteiger partial charge in [0.25, 0.3) is 0 Å². The smallest absolute Gasteiger partial charge is 0.360 e. The second-order valence-electron chi connectivity index (χ2n) is 6.80. The highest BCUT2D eigenvalue weighted by molar-refractivity contribution is 5.91. The van der Waals surface area contributed by atoms with Gasteiger partial charge in [0.05, 0.1) is 12.1 Å². The SMILES string of the molecule is Cc1cc(NC(=O)CN(C)CCCc2nc(-c3cccc(C(F)(F)F)c3)no2)no1. The van der Waals surface area contributed by atoms with E-state index in [1.165, 1.54) is 12.1 Å². The Morgan fingerprint density at radius 3 is 2.70 bits per heavy atom. The van der Waals surface area contributed by atoms with Crippen LogP contribution in [0.2, 0.25) is 0 Å². The van der Waals surface area contributed by atoms with E-state index in [1.54, 1.807) is 20.0 Å². The van der Waals surface area contributed by atoms with E-state index in [4.69, 9.17) is 9.05 Å². The van der Waals surface area contributed by atoms with Crippen LogP contribution in [0.3, 0.4) is 0 Å². The quantitative estimate of drug-likeness (QED) is 0.592. The summed E-state index contributed by atoms with van der Waals surface area (Å²) in [5.41, 5.74) is -0.538. The molecule has 0 bridgehead atoms. The maximum atomic E-state index is 12.8. The lowest BCUT2D eigenvalue weighted by atomic mass is 10.1. The molecule has 11 heteroatoms. The van der Waals surface area contributed by atoms with Crippen molar-refractivity contribution in [1.82, 2.24) is 20.2 Å². The topological polar surface area (TPSA) is 97.3 Å². The number of aryl methyl sites for hydroxylation is 2. The van der Waals surface area contributed by atoms with Crippen LogP contribution in [-0.2, 0) is 17.4 Å². The Balaban J connectivity index is 1.47. The Morgan fingerprint density at radius 1 is 1.20 bits per heavy atom. The maximum Gasteiger partial charge on any atom is 0.416 e.